The molecule has 2 fully saturated rings. The lowest BCUT2D eigenvalue weighted by molar-refractivity contribution is -0.137. The molecule has 42 heavy (non-hydrogen) atoms. The van der Waals surface area contributed by atoms with Gasteiger partial charge in [0.1, 0.15) is 12.2 Å². The highest BCUT2D eigenvalue weighted by Gasteiger charge is 2.39. The number of halogens is 3. The number of rotatable bonds is 6. The van der Waals surface area contributed by atoms with Gasteiger partial charge in [-0.1, -0.05) is 19.1 Å². The van der Waals surface area contributed by atoms with Gasteiger partial charge in [0.25, 0.3) is 0 Å². The smallest absolute Gasteiger partial charge is 0.342 e. The molecule has 0 unspecified atom stereocenters. The van der Waals surface area contributed by atoms with Crippen molar-refractivity contribution in [3.63, 3.8) is 0 Å². The van der Waals surface area contributed by atoms with Crippen LogP contribution in [0, 0.1) is 11.8 Å². The van der Waals surface area contributed by atoms with Gasteiger partial charge < -0.3 is 9.47 Å². The number of aryl methyl sites for hydroxylation is 1. The van der Waals surface area contributed by atoms with E-state index in [4.69, 9.17) is 0 Å². The van der Waals surface area contributed by atoms with Crippen LogP contribution in [0.2, 0.25) is 0 Å². The zero-order chi connectivity index (χ0) is 29.8. The molecule has 222 valence electrons. The van der Waals surface area contributed by atoms with Crippen LogP contribution >= 0.6 is 0 Å². The molecule has 4 aromatic rings. The van der Waals surface area contributed by atoms with E-state index >= 15 is 0 Å². The monoisotopic (exact) mass is 581 g/mol. The van der Waals surface area contributed by atoms with Gasteiger partial charge in [-0.05, 0) is 54.6 Å². The molecular weight excluding hydrogens is 547 g/mol. The first-order valence-corrected chi connectivity index (χ1v) is 14.3. The number of aromatic nitrogens is 5. The van der Waals surface area contributed by atoms with E-state index < -0.39 is 17.4 Å². The van der Waals surface area contributed by atoms with Gasteiger partial charge in [0.2, 0.25) is 5.91 Å². The molecule has 0 N–H and O–H groups in total. The topological polar surface area (TPSA) is 80.7 Å². The molecule has 0 saturated carbocycles. The first kappa shape index (κ1) is 28.2. The Hall–Kier alpha value is -3.93. The number of amides is 1. The summed E-state index contributed by atoms with van der Waals surface area (Å²) >= 11 is 0. The van der Waals surface area contributed by atoms with Gasteiger partial charge in [-0.3, -0.25) is 18.7 Å². The highest BCUT2D eigenvalue weighted by Crippen LogP contribution is 2.38. The summed E-state index contributed by atoms with van der Waals surface area (Å²) in [4.78, 5) is 29.4. The zero-order valence-electron chi connectivity index (χ0n) is 23.9. The number of benzene rings is 1. The lowest BCUT2D eigenvalue weighted by Gasteiger charge is -2.42. The molecule has 12 heteroatoms. The molecule has 9 nitrogen and oxygen atoms in total. The third kappa shape index (κ3) is 5.23. The fraction of sp³-hybridized carbons (Fsp3) is 0.467. The number of alkyl halides is 3. The van der Waals surface area contributed by atoms with Crippen LogP contribution in [-0.4, -0.2) is 65.6 Å². The molecule has 2 aliphatic heterocycles. The number of nitrogens with zero attached hydrogens (tertiary/aromatic N) is 7. The van der Waals surface area contributed by atoms with E-state index in [9.17, 15) is 22.8 Å². The van der Waals surface area contributed by atoms with Gasteiger partial charge in [-0.2, -0.15) is 13.2 Å². The van der Waals surface area contributed by atoms with Gasteiger partial charge in [-0.25, -0.2) is 4.79 Å². The van der Waals surface area contributed by atoms with Crippen molar-refractivity contribution in [3.05, 3.63) is 82.1 Å². The zero-order valence-corrected chi connectivity index (χ0v) is 23.9. The molecule has 1 aromatic carbocycles. The van der Waals surface area contributed by atoms with Gasteiger partial charge in [0.15, 0.2) is 0 Å². The Morgan fingerprint density at radius 2 is 1.93 bits per heavy atom. The Morgan fingerprint density at radius 3 is 2.60 bits per heavy atom. The van der Waals surface area contributed by atoms with Crippen LogP contribution < -0.4 is 5.69 Å². The molecule has 2 aliphatic rings. The van der Waals surface area contributed by atoms with Crippen molar-refractivity contribution in [2.24, 2.45) is 18.9 Å². The molecule has 6 rings (SSSR count). The highest BCUT2D eigenvalue weighted by molar-refractivity contribution is 5.74. The van der Waals surface area contributed by atoms with Crippen molar-refractivity contribution in [1.82, 2.24) is 33.5 Å². The summed E-state index contributed by atoms with van der Waals surface area (Å²) in [5, 5.41) is 8.37. The Kier molecular flexibility index (Phi) is 7.20. The standard InChI is InChI=1S/C30H34F3N7O2/c1-19-6-5-9-37(12-19)13-21-10-25(30(31,32)33)26-17-39(29(42)40(26)14-21)24-8-4-7-22(11-24)27(28-35-34-18-36(28)3)23-15-38(16-23)20(2)41/h4,7-8,10-11,14,17-19,23,27H,5-6,9,12-13,15-16H2,1-3H3/t19-,27-/m0/s1. The fourth-order valence-corrected chi connectivity index (χ4v) is 6.49. The van der Waals surface area contributed by atoms with E-state index in [0.29, 0.717) is 42.6 Å². The summed E-state index contributed by atoms with van der Waals surface area (Å²) in [5.41, 5.74) is 0.177. The Labute approximate surface area is 241 Å². The van der Waals surface area contributed by atoms with Crippen molar-refractivity contribution in [3.8, 4) is 5.69 Å². The Bertz CT molecular complexity index is 1680. The third-order valence-electron chi connectivity index (χ3n) is 8.64. The van der Waals surface area contributed by atoms with Crippen molar-refractivity contribution in [2.75, 3.05) is 26.2 Å². The molecule has 0 aliphatic carbocycles. The Morgan fingerprint density at radius 1 is 1.14 bits per heavy atom. The van der Waals surface area contributed by atoms with Crippen LogP contribution in [0.25, 0.3) is 11.2 Å². The summed E-state index contributed by atoms with van der Waals surface area (Å²) in [6.07, 6.45) is 1.91. The first-order chi connectivity index (χ1) is 20.0. The van der Waals surface area contributed by atoms with E-state index in [-0.39, 0.29) is 23.3 Å². The number of carbonyl (C=O) groups is 1. The number of hydrogen-bond donors (Lipinski definition) is 0. The number of pyridine rings is 1. The van der Waals surface area contributed by atoms with E-state index in [2.05, 4.69) is 22.0 Å². The normalized spacial score (nSPS) is 19.3. The number of fused-ring (bicyclic) bond motifs is 1. The average molecular weight is 582 g/mol. The Balaban J connectivity index is 1.40. The fourth-order valence-electron chi connectivity index (χ4n) is 6.49. The van der Waals surface area contributed by atoms with E-state index in [1.165, 1.54) is 23.8 Å². The van der Waals surface area contributed by atoms with E-state index in [1.54, 1.807) is 29.6 Å². The maximum atomic E-state index is 14.3. The average Bonchev–Trinajstić information content (AvgIpc) is 3.47. The van der Waals surface area contributed by atoms with Crippen LogP contribution in [0.5, 0.6) is 0 Å². The van der Waals surface area contributed by atoms with E-state index in [1.807, 2.05) is 23.7 Å². The molecule has 0 radical (unpaired) electrons. The number of likely N-dealkylation sites (tertiary alicyclic amines) is 2. The van der Waals surface area contributed by atoms with Gasteiger partial charge >= 0.3 is 11.9 Å². The third-order valence-corrected chi connectivity index (χ3v) is 8.64. The maximum absolute atomic E-state index is 14.3. The second-order valence-corrected chi connectivity index (χ2v) is 11.8. The lowest BCUT2D eigenvalue weighted by Crippen LogP contribution is -2.51. The predicted molar refractivity (Wildman–Crippen MR) is 150 cm³/mol. The van der Waals surface area contributed by atoms with Crippen LogP contribution in [0.15, 0.2) is 53.8 Å². The summed E-state index contributed by atoms with van der Waals surface area (Å²) < 4.78 is 47.1. The summed E-state index contributed by atoms with van der Waals surface area (Å²) in [6, 6.07) is 8.41. The maximum Gasteiger partial charge on any atom is 0.418 e. The minimum absolute atomic E-state index is 0.00148. The van der Waals surface area contributed by atoms with Crippen molar-refractivity contribution < 1.29 is 18.0 Å². The quantitative estimate of drug-likeness (QED) is 0.343. The molecule has 0 spiro atoms. The molecule has 2 atom stereocenters. The van der Waals surface area contributed by atoms with Gasteiger partial charge in [0.05, 0.1) is 22.7 Å². The van der Waals surface area contributed by atoms with Crippen molar-refractivity contribution in [1.29, 1.82) is 0 Å². The molecule has 0 bridgehead atoms. The number of carbonyl (C=O) groups excluding carboxylic acids is 1. The highest BCUT2D eigenvalue weighted by atomic mass is 19.4. The van der Waals surface area contributed by atoms with Crippen LogP contribution in [-0.2, 0) is 24.6 Å². The van der Waals surface area contributed by atoms with Crippen LogP contribution in [0.1, 0.15) is 55.1 Å². The molecule has 1 amide bonds. The van der Waals surface area contributed by atoms with Crippen LogP contribution in [0.4, 0.5) is 13.2 Å². The van der Waals surface area contributed by atoms with Crippen LogP contribution in [0.3, 0.4) is 0 Å². The predicted octanol–water partition coefficient (Wildman–Crippen LogP) is 4.08. The van der Waals surface area contributed by atoms with E-state index in [0.717, 1.165) is 35.9 Å². The summed E-state index contributed by atoms with van der Waals surface area (Å²) in [6.45, 7) is 6.79. The lowest BCUT2D eigenvalue weighted by atomic mass is 9.80. The number of imidazole rings is 1. The largest absolute Gasteiger partial charge is 0.418 e. The number of piperidine rings is 1. The van der Waals surface area contributed by atoms with Crippen molar-refractivity contribution in [2.45, 2.75) is 45.3 Å². The number of hydrogen-bond acceptors (Lipinski definition) is 5. The molecular formula is C30H34F3N7O2. The first-order valence-electron chi connectivity index (χ1n) is 14.3. The van der Waals surface area contributed by atoms with Crippen molar-refractivity contribution >= 4 is 11.4 Å². The summed E-state index contributed by atoms with van der Waals surface area (Å²) in [7, 11) is 1.85. The minimum Gasteiger partial charge on any atom is -0.342 e. The molecule has 5 heterocycles. The second-order valence-electron chi connectivity index (χ2n) is 11.8. The summed E-state index contributed by atoms with van der Waals surface area (Å²) in [5.74, 6) is 1.06. The SMILES string of the molecule is CC(=O)N1CC([C@H](c2cccc(-n3cc4c(C(F)(F)F)cc(CN5CCC[C@H](C)C5)cn4c3=O)c2)c2nncn2C)C1. The molecule has 2 saturated heterocycles. The second kappa shape index (κ2) is 10.7. The minimum atomic E-state index is -4.62. The molecule has 3 aromatic heterocycles. The van der Waals surface area contributed by atoms with Gasteiger partial charge in [0, 0.05) is 58.5 Å². The van der Waals surface area contributed by atoms with Gasteiger partial charge in [-0.15, -0.1) is 10.2 Å².